The first-order chi connectivity index (χ1) is 7.42. The van der Waals surface area contributed by atoms with Gasteiger partial charge in [-0.25, -0.2) is 4.79 Å². The molecule has 0 heterocycles. The standard InChI is InChI=1S/C9H14O6S/c1-5(4-16)9(13)15-6(8(11)12)3-7(10)14-2/h5-6,16H,3-4H2,1-2H3,(H,11,12)/t5?,6-/m0/s1. The Morgan fingerprint density at radius 1 is 1.38 bits per heavy atom. The Balaban J connectivity index is 4.40. The van der Waals surface area contributed by atoms with E-state index in [1.807, 2.05) is 0 Å². The molecule has 7 heteroatoms. The van der Waals surface area contributed by atoms with E-state index in [0.717, 1.165) is 7.11 Å². The lowest BCUT2D eigenvalue weighted by molar-refractivity contribution is -0.169. The number of carboxylic acids is 1. The van der Waals surface area contributed by atoms with Gasteiger partial charge in [0, 0.05) is 5.75 Å². The van der Waals surface area contributed by atoms with Gasteiger partial charge in [0.05, 0.1) is 19.4 Å². The highest BCUT2D eigenvalue weighted by molar-refractivity contribution is 7.80. The fourth-order valence-electron chi connectivity index (χ4n) is 0.745. The summed E-state index contributed by atoms with van der Waals surface area (Å²) in [5.41, 5.74) is 0. The second-order valence-electron chi connectivity index (χ2n) is 3.13. The molecular formula is C9H14O6S. The van der Waals surface area contributed by atoms with Crippen molar-refractivity contribution in [3.05, 3.63) is 0 Å². The van der Waals surface area contributed by atoms with Gasteiger partial charge in [-0.05, 0) is 0 Å². The molecule has 6 nitrogen and oxygen atoms in total. The van der Waals surface area contributed by atoms with Gasteiger partial charge in [-0.2, -0.15) is 12.6 Å². The van der Waals surface area contributed by atoms with Crippen molar-refractivity contribution in [1.82, 2.24) is 0 Å². The van der Waals surface area contributed by atoms with E-state index in [1.54, 1.807) is 6.92 Å². The third kappa shape index (κ3) is 5.01. The highest BCUT2D eigenvalue weighted by atomic mass is 32.1. The summed E-state index contributed by atoms with van der Waals surface area (Å²) in [6.07, 6.45) is -2.01. The lowest BCUT2D eigenvalue weighted by atomic mass is 10.2. The van der Waals surface area contributed by atoms with Gasteiger partial charge in [-0.1, -0.05) is 6.92 Å². The molecule has 1 unspecified atom stereocenters. The van der Waals surface area contributed by atoms with Gasteiger partial charge in [-0.15, -0.1) is 0 Å². The molecule has 0 aliphatic heterocycles. The quantitative estimate of drug-likeness (QED) is 0.514. The topological polar surface area (TPSA) is 89.9 Å². The van der Waals surface area contributed by atoms with Crippen molar-refractivity contribution in [2.75, 3.05) is 12.9 Å². The molecule has 0 saturated carbocycles. The number of thiol groups is 1. The molecule has 0 amide bonds. The van der Waals surface area contributed by atoms with Gasteiger partial charge < -0.3 is 14.6 Å². The molecule has 0 radical (unpaired) electrons. The minimum Gasteiger partial charge on any atom is -0.478 e. The summed E-state index contributed by atoms with van der Waals surface area (Å²) in [5, 5.41) is 8.72. The zero-order valence-corrected chi connectivity index (χ0v) is 9.90. The molecule has 2 atom stereocenters. The van der Waals surface area contributed by atoms with Crippen molar-refractivity contribution in [1.29, 1.82) is 0 Å². The Kier molecular flexibility index (Phi) is 6.55. The van der Waals surface area contributed by atoms with Crippen LogP contribution < -0.4 is 0 Å². The third-order valence-corrected chi connectivity index (χ3v) is 2.34. The van der Waals surface area contributed by atoms with Crippen LogP contribution in [0.5, 0.6) is 0 Å². The SMILES string of the molecule is COC(=O)C[C@H](OC(=O)C(C)CS)C(=O)O. The van der Waals surface area contributed by atoms with E-state index in [1.165, 1.54) is 0 Å². The van der Waals surface area contributed by atoms with E-state index in [-0.39, 0.29) is 5.75 Å². The van der Waals surface area contributed by atoms with Gasteiger partial charge in [0.15, 0.2) is 0 Å². The van der Waals surface area contributed by atoms with Crippen LogP contribution in [0.3, 0.4) is 0 Å². The molecule has 1 N–H and O–H groups in total. The number of ether oxygens (including phenoxy) is 2. The summed E-state index contributed by atoms with van der Waals surface area (Å²) in [5.74, 6) is -3.12. The van der Waals surface area contributed by atoms with Crippen molar-refractivity contribution >= 4 is 30.5 Å². The van der Waals surface area contributed by atoms with E-state index in [2.05, 4.69) is 22.1 Å². The Morgan fingerprint density at radius 2 is 1.94 bits per heavy atom. The molecule has 0 aliphatic rings. The van der Waals surface area contributed by atoms with Crippen LogP contribution in [-0.4, -0.2) is 42.0 Å². The van der Waals surface area contributed by atoms with E-state index in [9.17, 15) is 14.4 Å². The van der Waals surface area contributed by atoms with Crippen molar-refractivity contribution in [3.63, 3.8) is 0 Å². The summed E-state index contributed by atoms with van der Waals surface area (Å²) < 4.78 is 8.94. The molecule has 0 bridgehead atoms. The summed E-state index contributed by atoms with van der Waals surface area (Å²) in [6.45, 7) is 1.55. The summed E-state index contributed by atoms with van der Waals surface area (Å²) in [7, 11) is 1.12. The number of aliphatic carboxylic acids is 1. The first-order valence-corrected chi connectivity index (χ1v) is 5.16. The second kappa shape index (κ2) is 7.10. The van der Waals surface area contributed by atoms with Crippen LogP contribution >= 0.6 is 12.6 Å². The number of hydrogen-bond acceptors (Lipinski definition) is 6. The number of carbonyl (C=O) groups is 3. The number of esters is 2. The molecule has 0 fully saturated rings. The Morgan fingerprint density at radius 3 is 2.31 bits per heavy atom. The van der Waals surface area contributed by atoms with Crippen LogP contribution in [0.25, 0.3) is 0 Å². The lowest BCUT2D eigenvalue weighted by Crippen LogP contribution is -2.32. The van der Waals surface area contributed by atoms with E-state index >= 15 is 0 Å². The zero-order chi connectivity index (χ0) is 12.7. The zero-order valence-electron chi connectivity index (χ0n) is 9.00. The number of carboxylic acid groups (broad SMARTS) is 1. The normalized spacial score (nSPS) is 13.7. The molecule has 0 aromatic heterocycles. The largest absolute Gasteiger partial charge is 0.478 e. The Hall–Kier alpha value is -1.24. The van der Waals surface area contributed by atoms with Crippen molar-refractivity contribution in [3.8, 4) is 0 Å². The molecular weight excluding hydrogens is 236 g/mol. The average Bonchev–Trinajstić information content (AvgIpc) is 2.26. The maximum absolute atomic E-state index is 11.3. The number of methoxy groups -OCH3 is 1. The fourth-order valence-corrected chi connectivity index (χ4v) is 0.894. The minimum absolute atomic E-state index is 0.239. The molecule has 0 aliphatic carbocycles. The van der Waals surface area contributed by atoms with E-state index in [0.29, 0.717) is 0 Å². The minimum atomic E-state index is -1.51. The molecule has 0 spiro atoms. The van der Waals surface area contributed by atoms with Gasteiger partial charge in [0.1, 0.15) is 0 Å². The average molecular weight is 250 g/mol. The molecule has 0 aromatic carbocycles. The molecule has 0 aromatic rings. The van der Waals surface area contributed by atoms with Crippen LogP contribution in [0.4, 0.5) is 0 Å². The maximum atomic E-state index is 11.3. The number of rotatable bonds is 6. The van der Waals surface area contributed by atoms with Gasteiger partial charge in [-0.3, -0.25) is 9.59 Å². The first kappa shape index (κ1) is 14.8. The van der Waals surface area contributed by atoms with Crippen LogP contribution in [-0.2, 0) is 23.9 Å². The van der Waals surface area contributed by atoms with Crippen LogP contribution in [0.2, 0.25) is 0 Å². The molecule has 92 valence electrons. The smallest absolute Gasteiger partial charge is 0.345 e. The monoisotopic (exact) mass is 250 g/mol. The highest BCUT2D eigenvalue weighted by Gasteiger charge is 2.27. The van der Waals surface area contributed by atoms with Crippen molar-refractivity contribution in [2.45, 2.75) is 19.4 Å². The molecule has 16 heavy (non-hydrogen) atoms. The first-order valence-electron chi connectivity index (χ1n) is 4.53. The van der Waals surface area contributed by atoms with Gasteiger partial charge in [0.2, 0.25) is 6.10 Å². The Labute approximate surface area is 98.3 Å². The summed E-state index contributed by atoms with van der Waals surface area (Å²) in [4.78, 5) is 32.8. The Bertz CT molecular complexity index is 277. The number of hydrogen-bond donors (Lipinski definition) is 2. The third-order valence-electron chi connectivity index (χ3n) is 1.79. The van der Waals surface area contributed by atoms with E-state index in [4.69, 9.17) is 5.11 Å². The summed E-state index contributed by atoms with van der Waals surface area (Å²) in [6, 6.07) is 0. The highest BCUT2D eigenvalue weighted by Crippen LogP contribution is 2.07. The van der Waals surface area contributed by atoms with Crippen LogP contribution in [0.15, 0.2) is 0 Å². The van der Waals surface area contributed by atoms with Gasteiger partial charge in [0.25, 0.3) is 0 Å². The summed E-state index contributed by atoms with van der Waals surface area (Å²) >= 11 is 3.88. The predicted octanol–water partition coefficient (Wildman–Crippen LogP) is 0.112. The maximum Gasteiger partial charge on any atom is 0.345 e. The van der Waals surface area contributed by atoms with Gasteiger partial charge >= 0.3 is 17.9 Å². The van der Waals surface area contributed by atoms with Crippen LogP contribution in [0.1, 0.15) is 13.3 Å². The molecule has 0 rings (SSSR count). The fraction of sp³-hybridized carbons (Fsp3) is 0.667. The second-order valence-corrected chi connectivity index (χ2v) is 3.49. The van der Waals surface area contributed by atoms with Crippen molar-refractivity contribution < 1.29 is 29.0 Å². The van der Waals surface area contributed by atoms with Crippen molar-refractivity contribution in [2.24, 2.45) is 5.92 Å². The number of carbonyl (C=O) groups excluding carboxylic acids is 2. The van der Waals surface area contributed by atoms with E-state index < -0.39 is 36.4 Å². The predicted molar refractivity (Wildman–Crippen MR) is 57.2 cm³/mol. The molecule has 0 saturated heterocycles. The lowest BCUT2D eigenvalue weighted by Gasteiger charge is -2.14. The van der Waals surface area contributed by atoms with Crippen LogP contribution in [0, 0.1) is 5.92 Å².